The lowest BCUT2D eigenvalue weighted by atomic mass is 10.1. The lowest BCUT2D eigenvalue weighted by Gasteiger charge is -2.11. The Kier molecular flexibility index (Phi) is 4.02. The summed E-state index contributed by atoms with van der Waals surface area (Å²) in [7, 11) is 0. The van der Waals surface area contributed by atoms with Gasteiger partial charge in [0.1, 0.15) is 6.07 Å². The number of hydrogen-bond acceptors (Lipinski definition) is 2. The fourth-order valence-electron chi connectivity index (χ4n) is 1.92. The number of para-hydroxylation sites is 1. The van der Waals surface area contributed by atoms with Crippen LogP contribution in [0.1, 0.15) is 16.7 Å². The Hall–Kier alpha value is -2.80. The summed E-state index contributed by atoms with van der Waals surface area (Å²) in [5.41, 5.74) is 3.82. The van der Waals surface area contributed by atoms with Crippen LogP contribution in [0.2, 0.25) is 0 Å². The average Bonchev–Trinajstić information content (AvgIpc) is 2.42. The monoisotopic (exact) mass is 265 g/mol. The summed E-state index contributed by atoms with van der Waals surface area (Å²) in [6.45, 7) is 3.94. The molecule has 0 unspecified atom stereocenters. The molecule has 2 amide bonds. The smallest absolute Gasteiger partial charge is 0.307 e. The van der Waals surface area contributed by atoms with Crippen LogP contribution in [0, 0.1) is 25.2 Å². The van der Waals surface area contributed by atoms with Crippen LogP contribution < -0.4 is 10.6 Å². The average molecular weight is 265 g/mol. The minimum Gasteiger partial charge on any atom is -0.307 e. The standard InChI is InChI=1S/C16H15N3O/c1-11-7-8-14(12(2)9-11)18-16(20)19-15-6-4-3-5-13(15)10-17/h3-9H,1-2H3,(H2,18,19,20). The van der Waals surface area contributed by atoms with Crippen LogP contribution >= 0.6 is 0 Å². The zero-order valence-electron chi connectivity index (χ0n) is 11.4. The second-order valence-electron chi connectivity index (χ2n) is 4.55. The number of urea groups is 1. The number of carbonyl (C=O) groups is 1. The summed E-state index contributed by atoms with van der Waals surface area (Å²) >= 11 is 0. The first-order chi connectivity index (χ1) is 9.60. The van der Waals surface area contributed by atoms with Gasteiger partial charge in [0.25, 0.3) is 0 Å². The highest BCUT2D eigenvalue weighted by atomic mass is 16.2. The van der Waals surface area contributed by atoms with Crippen molar-refractivity contribution in [3.8, 4) is 6.07 Å². The van der Waals surface area contributed by atoms with Crippen molar-refractivity contribution < 1.29 is 4.79 Å². The van der Waals surface area contributed by atoms with Gasteiger partial charge in [-0.05, 0) is 37.6 Å². The van der Waals surface area contributed by atoms with Gasteiger partial charge in [-0.2, -0.15) is 5.26 Å². The Morgan fingerprint density at radius 1 is 1.05 bits per heavy atom. The Morgan fingerprint density at radius 3 is 2.45 bits per heavy atom. The second-order valence-corrected chi connectivity index (χ2v) is 4.55. The highest BCUT2D eigenvalue weighted by Crippen LogP contribution is 2.17. The zero-order valence-corrected chi connectivity index (χ0v) is 11.4. The molecule has 4 heteroatoms. The molecule has 0 saturated carbocycles. The third-order valence-corrected chi connectivity index (χ3v) is 2.93. The van der Waals surface area contributed by atoms with Gasteiger partial charge in [0, 0.05) is 5.69 Å². The third-order valence-electron chi connectivity index (χ3n) is 2.93. The van der Waals surface area contributed by atoms with E-state index in [0.29, 0.717) is 11.3 Å². The summed E-state index contributed by atoms with van der Waals surface area (Å²) in [5.74, 6) is 0. The van der Waals surface area contributed by atoms with Gasteiger partial charge in [-0.1, -0.05) is 29.8 Å². The number of carbonyl (C=O) groups excluding carboxylic acids is 1. The van der Waals surface area contributed by atoms with Gasteiger partial charge in [0.15, 0.2) is 0 Å². The zero-order chi connectivity index (χ0) is 14.5. The summed E-state index contributed by atoms with van der Waals surface area (Å²) < 4.78 is 0. The van der Waals surface area contributed by atoms with Gasteiger partial charge in [0.2, 0.25) is 0 Å². The maximum Gasteiger partial charge on any atom is 0.323 e. The predicted molar refractivity (Wildman–Crippen MR) is 79.7 cm³/mol. The summed E-state index contributed by atoms with van der Waals surface area (Å²) in [6.07, 6.45) is 0. The van der Waals surface area contributed by atoms with Gasteiger partial charge in [-0.15, -0.1) is 0 Å². The molecular formula is C16H15N3O. The molecule has 2 aromatic rings. The van der Waals surface area contributed by atoms with Crippen LogP contribution in [0.3, 0.4) is 0 Å². The largest absolute Gasteiger partial charge is 0.323 e. The van der Waals surface area contributed by atoms with E-state index in [-0.39, 0.29) is 6.03 Å². The number of nitrogens with zero attached hydrogens (tertiary/aromatic N) is 1. The van der Waals surface area contributed by atoms with E-state index >= 15 is 0 Å². The highest BCUT2D eigenvalue weighted by molar-refractivity contribution is 6.00. The van der Waals surface area contributed by atoms with E-state index in [1.807, 2.05) is 38.1 Å². The molecule has 2 rings (SSSR count). The van der Waals surface area contributed by atoms with Crippen LogP contribution in [0.25, 0.3) is 0 Å². The fourth-order valence-corrected chi connectivity index (χ4v) is 1.92. The van der Waals surface area contributed by atoms with E-state index in [4.69, 9.17) is 5.26 Å². The minimum atomic E-state index is -0.361. The normalized spacial score (nSPS) is 9.65. The molecule has 2 N–H and O–H groups in total. The molecule has 0 heterocycles. The molecule has 0 fully saturated rings. The quantitative estimate of drug-likeness (QED) is 0.866. The Morgan fingerprint density at radius 2 is 1.75 bits per heavy atom. The molecule has 4 nitrogen and oxygen atoms in total. The molecule has 0 aliphatic rings. The van der Waals surface area contributed by atoms with Gasteiger partial charge in [0.05, 0.1) is 11.3 Å². The van der Waals surface area contributed by atoms with Crippen molar-refractivity contribution in [1.29, 1.82) is 5.26 Å². The van der Waals surface area contributed by atoms with Crippen LogP contribution in [0.5, 0.6) is 0 Å². The minimum absolute atomic E-state index is 0.361. The van der Waals surface area contributed by atoms with E-state index in [9.17, 15) is 4.79 Å². The van der Waals surface area contributed by atoms with E-state index < -0.39 is 0 Å². The third kappa shape index (κ3) is 3.15. The molecule has 100 valence electrons. The molecular weight excluding hydrogens is 250 g/mol. The van der Waals surface area contributed by atoms with E-state index in [2.05, 4.69) is 10.6 Å². The maximum absolute atomic E-state index is 12.0. The van der Waals surface area contributed by atoms with Crippen molar-refractivity contribution in [3.05, 3.63) is 59.2 Å². The van der Waals surface area contributed by atoms with Crippen molar-refractivity contribution in [1.82, 2.24) is 0 Å². The number of nitriles is 1. The van der Waals surface area contributed by atoms with Crippen LogP contribution in [0.4, 0.5) is 16.2 Å². The molecule has 0 aromatic heterocycles. The molecule has 0 aliphatic carbocycles. The molecule has 0 aliphatic heterocycles. The summed E-state index contributed by atoms with van der Waals surface area (Å²) in [5, 5.41) is 14.4. The van der Waals surface area contributed by atoms with Crippen molar-refractivity contribution in [2.45, 2.75) is 13.8 Å². The number of hydrogen-bond donors (Lipinski definition) is 2. The number of amides is 2. The molecule has 0 spiro atoms. The van der Waals surface area contributed by atoms with Crippen LogP contribution in [-0.4, -0.2) is 6.03 Å². The number of benzene rings is 2. The van der Waals surface area contributed by atoms with Crippen molar-refractivity contribution in [2.75, 3.05) is 10.6 Å². The van der Waals surface area contributed by atoms with E-state index in [0.717, 1.165) is 16.8 Å². The van der Waals surface area contributed by atoms with E-state index in [1.54, 1.807) is 24.3 Å². The molecule has 2 aromatic carbocycles. The molecule has 0 saturated heterocycles. The Labute approximate surface area is 118 Å². The molecule has 0 atom stereocenters. The van der Waals surface area contributed by atoms with Crippen molar-refractivity contribution in [2.24, 2.45) is 0 Å². The second kappa shape index (κ2) is 5.89. The molecule has 0 bridgehead atoms. The number of rotatable bonds is 2. The molecule has 20 heavy (non-hydrogen) atoms. The Bertz CT molecular complexity index is 686. The lowest BCUT2D eigenvalue weighted by molar-refractivity contribution is 0.262. The van der Waals surface area contributed by atoms with Crippen molar-refractivity contribution in [3.63, 3.8) is 0 Å². The lowest BCUT2D eigenvalue weighted by Crippen LogP contribution is -2.20. The van der Waals surface area contributed by atoms with Crippen molar-refractivity contribution >= 4 is 17.4 Å². The predicted octanol–water partition coefficient (Wildman–Crippen LogP) is 3.82. The topological polar surface area (TPSA) is 64.9 Å². The van der Waals surface area contributed by atoms with E-state index in [1.165, 1.54) is 0 Å². The first-order valence-corrected chi connectivity index (χ1v) is 6.24. The number of nitrogens with one attached hydrogen (secondary N) is 2. The van der Waals surface area contributed by atoms with Gasteiger partial charge in [-0.25, -0.2) is 4.79 Å². The summed E-state index contributed by atoms with van der Waals surface area (Å²) in [4.78, 5) is 12.0. The van der Waals surface area contributed by atoms with Gasteiger partial charge < -0.3 is 10.6 Å². The van der Waals surface area contributed by atoms with Gasteiger partial charge in [-0.3, -0.25) is 0 Å². The number of aryl methyl sites for hydroxylation is 2. The van der Waals surface area contributed by atoms with Gasteiger partial charge >= 0.3 is 6.03 Å². The Balaban J connectivity index is 2.11. The number of anilines is 2. The first kappa shape index (κ1) is 13.6. The fraction of sp³-hybridized carbons (Fsp3) is 0.125. The highest BCUT2D eigenvalue weighted by Gasteiger charge is 2.07. The summed E-state index contributed by atoms with van der Waals surface area (Å²) in [6, 6.07) is 14.4. The SMILES string of the molecule is Cc1ccc(NC(=O)Nc2ccccc2C#N)c(C)c1. The van der Waals surface area contributed by atoms with Crippen LogP contribution in [0.15, 0.2) is 42.5 Å². The van der Waals surface area contributed by atoms with Crippen LogP contribution in [-0.2, 0) is 0 Å². The first-order valence-electron chi connectivity index (χ1n) is 6.24. The maximum atomic E-state index is 12.0. The molecule has 0 radical (unpaired) electrons.